The number of halogens is 1. The third kappa shape index (κ3) is 2.53. The first kappa shape index (κ1) is 13.1. The molecule has 3 rings (SSSR count). The molecule has 0 bridgehead atoms. The van der Waals surface area contributed by atoms with E-state index < -0.39 is 0 Å². The van der Waals surface area contributed by atoms with Crippen LogP contribution in [0.25, 0.3) is 11.0 Å². The maximum absolute atomic E-state index is 4.50. The molecule has 0 amide bonds. The molecule has 0 atom stereocenters. The molecule has 3 N–H and O–H groups in total. The largest absolute Gasteiger partial charge is 0.354 e. The number of aromatic nitrogens is 4. The lowest BCUT2D eigenvalue weighted by molar-refractivity contribution is 1.07. The van der Waals surface area contributed by atoms with E-state index in [-0.39, 0.29) is 0 Å². The Morgan fingerprint density at radius 2 is 2.10 bits per heavy atom. The van der Waals surface area contributed by atoms with Gasteiger partial charge in [-0.2, -0.15) is 15.1 Å². The highest BCUT2D eigenvalue weighted by Gasteiger charge is 2.10. The normalized spacial score (nSPS) is 10.7. The molecule has 0 saturated carbocycles. The topological polar surface area (TPSA) is 78.5 Å². The van der Waals surface area contributed by atoms with Crippen molar-refractivity contribution in [3.05, 3.63) is 34.0 Å². The van der Waals surface area contributed by atoms with Gasteiger partial charge in [0.1, 0.15) is 5.82 Å². The third-order valence-corrected chi connectivity index (χ3v) is 3.71. The molecule has 0 fully saturated rings. The van der Waals surface area contributed by atoms with Crippen LogP contribution in [0, 0.1) is 3.57 Å². The van der Waals surface area contributed by atoms with E-state index in [9.17, 15) is 0 Å². The van der Waals surface area contributed by atoms with Gasteiger partial charge in [0.05, 0.1) is 17.3 Å². The molecule has 20 heavy (non-hydrogen) atoms. The number of aromatic amines is 1. The quantitative estimate of drug-likeness (QED) is 0.607. The summed E-state index contributed by atoms with van der Waals surface area (Å²) in [6, 6.07) is 8.05. The second-order valence-corrected chi connectivity index (χ2v) is 5.33. The molecule has 0 unspecified atom stereocenters. The van der Waals surface area contributed by atoms with Gasteiger partial charge in [0.15, 0.2) is 5.65 Å². The van der Waals surface area contributed by atoms with Crippen molar-refractivity contribution in [2.24, 2.45) is 0 Å². The van der Waals surface area contributed by atoms with Gasteiger partial charge in [-0.3, -0.25) is 5.10 Å². The standard InChI is InChI=1S/C13H13IN6/c1-2-15-13-18-11(8-7-16-20-12(8)19-13)17-10-6-4-3-5-9(10)14/h3-7H,2H2,1H3,(H3,15,16,17,18,19,20). The third-order valence-electron chi connectivity index (χ3n) is 2.77. The van der Waals surface area contributed by atoms with E-state index in [0.29, 0.717) is 11.6 Å². The molecule has 3 aromatic rings. The molecule has 7 heteroatoms. The van der Waals surface area contributed by atoms with E-state index in [2.05, 4.69) is 53.4 Å². The van der Waals surface area contributed by atoms with Crippen molar-refractivity contribution >= 4 is 51.1 Å². The summed E-state index contributed by atoms with van der Waals surface area (Å²) in [5.41, 5.74) is 1.72. The zero-order valence-corrected chi connectivity index (χ0v) is 13.0. The van der Waals surface area contributed by atoms with E-state index in [1.54, 1.807) is 6.20 Å². The van der Waals surface area contributed by atoms with E-state index in [1.807, 2.05) is 31.2 Å². The van der Waals surface area contributed by atoms with Crippen molar-refractivity contribution < 1.29 is 0 Å². The second-order valence-electron chi connectivity index (χ2n) is 4.16. The highest BCUT2D eigenvalue weighted by atomic mass is 127. The first-order chi connectivity index (χ1) is 9.78. The molecule has 0 aliphatic carbocycles. The van der Waals surface area contributed by atoms with Crippen LogP contribution in [-0.4, -0.2) is 26.7 Å². The van der Waals surface area contributed by atoms with Crippen LogP contribution in [0.15, 0.2) is 30.5 Å². The van der Waals surface area contributed by atoms with E-state index in [0.717, 1.165) is 27.0 Å². The lowest BCUT2D eigenvalue weighted by atomic mass is 10.3. The van der Waals surface area contributed by atoms with Gasteiger partial charge in [0, 0.05) is 10.1 Å². The average Bonchev–Trinajstić information content (AvgIpc) is 2.90. The molecular weight excluding hydrogens is 367 g/mol. The lowest BCUT2D eigenvalue weighted by Gasteiger charge is -2.10. The summed E-state index contributed by atoms with van der Waals surface area (Å²) in [6.45, 7) is 2.77. The number of fused-ring (bicyclic) bond motifs is 1. The van der Waals surface area contributed by atoms with Gasteiger partial charge in [0.2, 0.25) is 5.95 Å². The van der Waals surface area contributed by atoms with Gasteiger partial charge in [-0.25, -0.2) is 0 Å². The summed E-state index contributed by atoms with van der Waals surface area (Å²) in [4.78, 5) is 8.87. The molecule has 2 aromatic heterocycles. The Balaban J connectivity index is 2.05. The Morgan fingerprint density at radius 1 is 1.25 bits per heavy atom. The predicted octanol–water partition coefficient (Wildman–Crippen LogP) is 3.13. The van der Waals surface area contributed by atoms with Crippen LogP contribution in [0.2, 0.25) is 0 Å². The van der Waals surface area contributed by atoms with Gasteiger partial charge in [-0.15, -0.1) is 0 Å². The molecular formula is C13H13IN6. The number of nitrogens with one attached hydrogen (secondary N) is 3. The van der Waals surface area contributed by atoms with Crippen molar-refractivity contribution in [2.75, 3.05) is 17.2 Å². The van der Waals surface area contributed by atoms with Crippen molar-refractivity contribution in [1.82, 2.24) is 20.2 Å². The van der Waals surface area contributed by atoms with Crippen LogP contribution in [0.5, 0.6) is 0 Å². The Hall–Kier alpha value is -1.90. The number of nitrogens with zero attached hydrogens (tertiary/aromatic N) is 3. The number of hydrogen-bond acceptors (Lipinski definition) is 5. The average molecular weight is 380 g/mol. The number of hydrogen-bond donors (Lipinski definition) is 3. The first-order valence-corrected chi connectivity index (χ1v) is 7.32. The molecule has 0 spiro atoms. The number of benzene rings is 1. The fourth-order valence-electron chi connectivity index (χ4n) is 1.86. The van der Waals surface area contributed by atoms with Gasteiger partial charge < -0.3 is 10.6 Å². The number of H-pyrrole nitrogens is 1. The zero-order chi connectivity index (χ0) is 13.9. The number of anilines is 3. The Morgan fingerprint density at radius 3 is 2.90 bits per heavy atom. The minimum absolute atomic E-state index is 0.581. The zero-order valence-electron chi connectivity index (χ0n) is 10.8. The van der Waals surface area contributed by atoms with E-state index in [1.165, 1.54) is 0 Å². The molecule has 1 aromatic carbocycles. The van der Waals surface area contributed by atoms with Crippen LogP contribution in [0.4, 0.5) is 17.5 Å². The summed E-state index contributed by atoms with van der Waals surface area (Å²) in [5.74, 6) is 1.32. The monoisotopic (exact) mass is 380 g/mol. The predicted molar refractivity (Wildman–Crippen MR) is 88.3 cm³/mol. The molecule has 2 heterocycles. The highest BCUT2D eigenvalue weighted by molar-refractivity contribution is 14.1. The van der Waals surface area contributed by atoms with Crippen LogP contribution in [0.3, 0.4) is 0 Å². The fraction of sp³-hybridized carbons (Fsp3) is 0.154. The maximum Gasteiger partial charge on any atom is 0.226 e. The Labute approximate surface area is 129 Å². The molecule has 0 aliphatic heterocycles. The lowest BCUT2D eigenvalue weighted by Crippen LogP contribution is -2.05. The summed E-state index contributed by atoms with van der Waals surface area (Å²) in [7, 11) is 0. The fourth-order valence-corrected chi connectivity index (χ4v) is 2.38. The summed E-state index contributed by atoms with van der Waals surface area (Å²) in [5, 5.41) is 14.2. The Kier molecular flexibility index (Phi) is 3.68. The molecule has 6 nitrogen and oxygen atoms in total. The van der Waals surface area contributed by atoms with Crippen molar-refractivity contribution in [2.45, 2.75) is 6.92 Å². The second kappa shape index (κ2) is 5.61. The van der Waals surface area contributed by atoms with Crippen molar-refractivity contribution in [3.8, 4) is 0 Å². The van der Waals surface area contributed by atoms with Gasteiger partial charge >= 0.3 is 0 Å². The van der Waals surface area contributed by atoms with Crippen molar-refractivity contribution in [1.29, 1.82) is 0 Å². The van der Waals surface area contributed by atoms with Gasteiger partial charge in [-0.1, -0.05) is 12.1 Å². The van der Waals surface area contributed by atoms with Gasteiger partial charge in [-0.05, 0) is 41.6 Å². The highest BCUT2D eigenvalue weighted by Crippen LogP contribution is 2.26. The number of para-hydroxylation sites is 1. The summed E-state index contributed by atoms with van der Waals surface area (Å²) >= 11 is 2.29. The SMILES string of the molecule is CCNc1nc(Nc2ccccc2I)c2cn[nH]c2n1. The maximum atomic E-state index is 4.50. The minimum atomic E-state index is 0.581. The first-order valence-electron chi connectivity index (χ1n) is 6.24. The number of rotatable bonds is 4. The van der Waals surface area contributed by atoms with Crippen LogP contribution < -0.4 is 10.6 Å². The minimum Gasteiger partial charge on any atom is -0.354 e. The van der Waals surface area contributed by atoms with E-state index in [4.69, 9.17) is 0 Å². The Bertz CT molecular complexity index is 739. The molecule has 0 saturated heterocycles. The molecule has 102 valence electrons. The molecule has 0 aliphatic rings. The van der Waals surface area contributed by atoms with E-state index >= 15 is 0 Å². The van der Waals surface area contributed by atoms with Crippen LogP contribution in [-0.2, 0) is 0 Å². The smallest absolute Gasteiger partial charge is 0.226 e. The summed E-state index contributed by atoms with van der Waals surface area (Å²) in [6.07, 6.45) is 1.73. The molecule has 0 radical (unpaired) electrons. The summed E-state index contributed by atoms with van der Waals surface area (Å²) < 4.78 is 1.13. The van der Waals surface area contributed by atoms with Crippen LogP contribution >= 0.6 is 22.6 Å². The van der Waals surface area contributed by atoms with Crippen LogP contribution in [0.1, 0.15) is 6.92 Å². The van der Waals surface area contributed by atoms with Crippen molar-refractivity contribution in [3.63, 3.8) is 0 Å². The van der Waals surface area contributed by atoms with Gasteiger partial charge in [0.25, 0.3) is 0 Å².